The molecule has 3 aromatic rings. The normalized spacial score (nSPS) is 16.6. The Labute approximate surface area is 165 Å². The minimum absolute atomic E-state index is 0.00759. The number of methoxy groups -OCH3 is 1. The van der Waals surface area contributed by atoms with Crippen molar-refractivity contribution in [2.24, 2.45) is 0 Å². The summed E-state index contributed by atoms with van der Waals surface area (Å²) >= 11 is 5.71. The second-order valence-corrected chi connectivity index (χ2v) is 6.98. The van der Waals surface area contributed by atoms with Gasteiger partial charge in [-0.15, -0.1) is 0 Å². The lowest BCUT2D eigenvalue weighted by molar-refractivity contribution is -0.128. The molecule has 6 nitrogen and oxygen atoms in total. The first-order chi connectivity index (χ1) is 13.5. The number of carbonyl (C=O) groups is 1. The zero-order valence-electron chi connectivity index (χ0n) is 15.1. The minimum atomic E-state index is -0.551. The van der Waals surface area contributed by atoms with E-state index in [9.17, 15) is 9.18 Å². The topological polar surface area (TPSA) is 68.5 Å². The quantitative estimate of drug-likeness (QED) is 0.645. The standard InChI is InChI=1S/C20H17ClFN3O3/c1-27-17-5-3-2-4-13(17)10-25-11-14(9-18(25)26)20-23-19(24-28-20)12-6-7-15(21)16(22)8-12/h2-8,14H,9-11H2,1H3. The fourth-order valence-electron chi connectivity index (χ4n) is 3.28. The minimum Gasteiger partial charge on any atom is -0.496 e. The monoisotopic (exact) mass is 401 g/mol. The number of likely N-dealkylation sites (tertiary alicyclic amines) is 1. The van der Waals surface area contributed by atoms with Crippen LogP contribution < -0.4 is 4.74 Å². The fourth-order valence-corrected chi connectivity index (χ4v) is 3.40. The summed E-state index contributed by atoms with van der Waals surface area (Å²) in [6.45, 7) is 0.913. The van der Waals surface area contributed by atoms with Crippen molar-refractivity contribution in [1.29, 1.82) is 0 Å². The number of para-hydroxylation sites is 1. The van der Waals surface area contributed by atoms with Crippen LogP contribution in [-0.4, -0.2) is 34.6 Å². The second-order valence-electron chi connectivity index (χ2n) is 6.57. The molecule has 2 aromatic carbocycles. The number of amides is 1. The molecule has 0 radical (unpaired) electrons. The molecule has 1 fully saturated rings. The van der Waals surface area contributed by atoms with Crippen LogP contribution in [0.5, 0.6) is 5.75 Å². The van der Waals surface area contributed by atoms with Gasteiger partial charge in [0.2, 0.25) is 17.6 Å². The van der Waals surface area contributed by atoms with Crippen LogP contribution in [0.2, 0.25) is 5.02 Å². The van der Waals surface area contributed by atoms with E-state index in [2.05, 4.69) is 10.1 Å². The highest BCUT2D eigenvalue weighted by atomic mass is 35.5. The maximum absolute atomic E-state index is 13.7. The van der Waals surface area contributed by atoms with Gasteiger partial charge in [0.15, 0.2) is 0 Å². The highest BCUT2D eigenvalue weighted by molar-refractivity contribution is 6.30. The molecule has 1 unspecified atom stereocenters. The Morgan fingerprint density at radius 2 is 2.14 bits per heavy atom. The predicted octanol–water partition coefficient (Wildman–Crippen LogP) is 4.05. The van der Waals surface area contributed by atoms with Gasteiger partial charge in [-0.2, -0.15) is 4.98 Å². The van der Waals surface area contributed by atoms with Crippen molar-refractivity contribution in [3.05, 3.63) is 64.8 Å². The van der Waals surface area contributed by atoms with Crippen LogP contribution in [-0.2, 0) is 11.3 Å². The Morgan fingerprint density at radius 3 is 2.93 bits per heavy atom. The Morgan fingerprint density at radius 1 is 1.32 bits per heavy atom. The maximum atomic E-state index is 13.7. The van der Waals surface area contributed by atoms with Gasteiger partial charge in [-0.25, -0.2) is 4.39 Å². The number of carbonyl (C=O) groups excluding carboxylic acids is 1. The Hall–Kier alpha value is -2.93. The van der Waals surface area contributed by atoms with E-state index in [1.165, 1.54) is 12.1 Å². The number of aromatic nitrogens is 2. The van der Waals surface area contributed by atoms with Crippen molar-refractivity contribution in [3.63, 3.8) is 0 Å². The molecule has 1 saturated heterocycles. The van der Waals surface area contributed by atoms with Crippen LogP contribution in [0.15, 0.2) is 47.0 Å². The Balaban J connectivity index is 1.50. The summed E-state index contributed by atoms with van der Waals surface area (Å²) in [4.78, 5) is 18.5. The molecule has 1 atom stereocenters. The van der Waals surface area contributed by atoms with Crippen LogP contribution >= 0.6 is 11.6 Å². The van der Waals surface area contributed by atoms with Crippen molar-refractivity contribution < 1.29 is 18.4 Å². The van der Waals surface area contributed by atoms with E-state index < -0.39 is 5.82 Å². The van der Waals surface area contributed by atoms with Crippen LogP contribution in [0.4, 0.5) is 4.39 Å². The summed E-state index contributed by atoms with van der Waals surface area (Å²) in [5.74, 6) is 0.615. The molecule has 28 heavy (non-hydrogen) atoms. The lowest BCUT2D eigenvalue weighted by atomic mass is 10.1. The van der Waals surface area contributed by atoms with E-state index in [-0.39, 0.29) is 29.1 Å². The lowest BCUT2D eigenvalue weighted by Crippen LogP contribution is -2.24. The molecule has 0 spiro atoms. The van der Waals surface area contributed by atoms with Gasteiger partial charge < -0.3 is 14.2 Å². The highest BCUT2D eigenvalue weighted by Gasteiger charge is 2.34. The van der Waals surface area contributed by atoms with E-state index in [1.807, 2.05) is 24.3 Å². The molecule has 1 aromatic heterocycles. The van der Waals surface area contributed by atoms with E-state index in [0.29, 0.717) is 24.5 Å². The van der Waals surface area contributed by atoms with Crippen molar-refractivity contribution >= 4 is 17.5 Å². The van der Waals surface area contributed by atoms with Gasteiger partial charge in [-0.1, -0.05) is 35.0 Å². The number of hydrogen-bond donors (Lipinski definition) is 0. The van der Waals surface area contributed by atoms with Gasteiger partial charge in [0.1, 0.15) is 11.6 Å². The largest absolute Gasteiger partial charge is 0.496 e. The zero-order valence-corrected chi connectivity index (χ0v) is 15.8. The Kier molecular flexibility index (Phi) is 5.00. The molecule has 0 aliphatic carbocycles. The summed E-state index contributed by atoms with van der Waals surface area (Å²) in [5.41, 5.74) is 1.40. The smallest absolute Gasteiger partial charge is 0.232 e. The number of halogens is 2. The molecule has 0 bridgehead atoms. The first-order valence-corrected chi connectivity index (χ1v) is 9.11. The molecule has 144 valence electrons. The molecular weight excluding hydrogens is 385 g/mol. The summed E-state index contributed by atoms with van der Waals surface area (Å²) in [6.07, 6.45) is 0.283. The van der Waals surface area contributed by atoms with Gasteiger partial charge in [0.05, 0.1) is 18.1 Å². The summed E-state index contributed by atoms with van der Waals surface area (Å²) in [6, 6.07) is 11.9. The molecule has 1 amide bonds. The molecule has 0 N–H and O–H groups in total. The second kappa shape index (κ2) is 7.59. The van der Waals surface area contributed by atoms with E-state index in [0.717, 1.165) is 11.3 Å². The van der Waals surface area contributed by atoms with Crippen molar-refractivity contribution in [2.75, 3.05) is 13.7 Å². The number of rotatable bonds is 5. The lowest BCUT2D eigenvalue weighted by Gasteiger charge is -2.17. The predicted molar refractivity (Wildman–Crippen MR) is 100 cm³/mol. The van der Waals surface area contributed by atoms with E-state index in [1.54, 1.807) is 18.1 Å². The SMILES string of the molecule is COc1ccccc1CN1CC(c2nc(-c3ccc(Cl)c(F)c3)no2)CC1=O. The number of ether oxygens (including phenoxy) is 1. The average Bonchev–Trinajstić information content (AvgIpc) is 3.32. The highest BCUT2D eigenvalue weighted by Crippen LogP contribution is 2.31. The molecule has 8 heteroatoms. The number of hydrogen-bond acceptors (Lipinski definition) is 5. The molecule has 1 aliphatic rings. The molecule has 0 saturated carbocycles. The van der Waals surface area contributed by atoms with Gasteiger partial charge in [0.25, 0.3) is 0 Å². The van der Waals surface area contributed by atoms with Crippen molar-refractivity contribution in [3.8, 4) is 17.1 Å². The summed E-state index contributed by atoms with van der Waals surface area (Å²) in [7, 11) is 1.60. The van der Waals surface area contributed by atoms with Gasteiger partial charge in [-0.3, -0.25) is 4.79 Å². The first-order valence-electron chi connectivity index (χ1n) is 8.74. The Bertz CT molecular complexity index is 1020. The third-order valence-corrected chi connectivity index (χ3v) is 5.04. The molecule has 2 heterocycles. The molecular formula is C20H17ClFN3O3. The van der Waals surface area contributed by atoms with Gasteiger partial charge >= 0.3 is 0 Å². The number of nitrogens with zero attached hydrogens (tertiary/aromatic N) is 3. The van der Waals surface area contributed by atoms with E-state index in [4.69, 9.17) is 20.9 Å². The van der Waals surface area contributed by atoms with E-state index >= 15 is 0 Å². The number of benzene rings is 2. The van der Waals surface area contributed by atoms with Gasteiger partial charge in [0, 0.05) is 30.6 Å². The zero-order chi connectivity index (χ0) is 19.7. The van der Waals surface area contributed by atoms with Crippen molar-refractivity contribution in [1.82, 2.24) is 15.0 Å². The maximum Gasteiger partial charge on any atom is 0.232 e. The fraction of sp³-hybridized carbons (Fsp3) is 0.250. The van der Waals surface area contributed by atoms with Crippen LogP contribution in [0.3, 0.4) is 0 Å². The first kappa shape index (κ1) is 18.4. The van der Waals surface area contributed by atoms with Gasteiger partial charge in [-0.05, 0) is 24.3 Å². The van der Waals surface area contributed by atoms with Crippen LogP contribution in [0.1, 0.15) is 23.8 Å². The molecule has 1 aliphatic heterocycles. The third-order valence-electron chi connectivity index (χ3n) is 4.74. The third kappa shape index (κ3) is 3.57. The molecule has 4 rings (SSSR count). The van der Waals surface area contributed by atoms with Crippen molar-refractivity contribution in [2.45, 2.75) is 18.9 Å². The van der Waals surface area contributed by atoms with Crippen LogP contribution in [0.25, 0.3) is 11.4 Å². The summed E-state index contributed by atoms with van der Waals surface area (Å²) < 4.78 is 24.4. The van der Waals surface area contributed by atoms with Crippen LogP contribution in [0, 0.1) is 5.82 Å². The average molecular weight is 402 g/mol. The summed E-state index contributed by atoms with van der Waals surface area (Å²) in [5, 5.41) is 3.95.